The fourth-order valence-electron chi connectivity index (χ4n) is 6.97. The minimum Gasteiger partial charge on any atom is -0.256 e. The molecule has 0 radical (unpaired) electrons. The smallest absolute Gasteiger partial charge is 0.164 e. The van der Waals surface area contributed by atoms with Gasteiger partial charge in [0.15, 0.2) is 17.5 Å². The van der Waals surface area contributed by atoms with Crippen molar-refractivity contribution in [1.29, 1.82) is 0 Å². The Hall–Kier alpha value is -6.89. The van der Waals surface area contributed by atoms with Gasteiger partial charge in [-0.05, 0) is 70.1 Å². The van der Waals surface area contributed by atoms with Crippen molar-refractivity contribution in [2.75, 3.05) is 0 Å². The van der Waals surface area contributed by atoms with Crippen LogP contribution in [0.4, 0.5) is 0 Å². The predicted octanol–water partition coefficient (Wildman–Crippen LogP) is 12.2. The van der Waals surface area contributed by atoms with Gasteiger partial charge in [0, 0.05) is 39.2 Å². The van der Waals surface area contributed by atoms with E-state index in [9.17, 15) is 0 Å². The Kier molecular flexibility index (Phi) is 7.59. The molecular formula is C47H29N5S. The van der Waals surface area contributed by atoms with Crippen molar-refractivity contribution in [1.82, 2.24) is 24.9 Å². The van der Waals surface area contributed by atoms with Crippen LogP contribution in [0.5, 0.6) is 0 Å². The summed E-state index contributed by atoms with van der Waals surface area (Å²) in [6, 6.07) is 58.7. The summed E-state index contributed by atoms with van der Waals surface area (Å²) in [5.74, 6) is 1.86. The number of aromatic nitrogens is 5. The maximum absolute atomic E-state index is 5.13. The summed E-state index contributed by atoms with van der Waals surface area (Å²) in [6.07, 6.45) is 1.87. The van der Waals surface area contributed by atoms with E-state index in [-0.39, 0.29) is 0 Å². The van der Waals surface area contributed by atoms with Crippen LogP contribution in [-0.2, 0) is 0 Å². The van der Waals surface area contributed by atoms with E-state index in [0.29, 0.717) is 17.5 Å². The molecule has 0 aliphatic rings. The van der Waals surface area contributed by atoms with Gasteiger partial charge in [-0.25, -0.2) is 19.9 Å². The van der Waals surface area contributed by atoms with Crippen LogP contribution in [0.3, 0.4) is 0 Å². The molecule has 7 aromatic carbocycles. The van der Waals surface area contributed by atoms with Crippen molar-refractivity contribution in [2.45, 2.75) is 0 Å². The molecule has 0 aliphatic carbocycles. The largest absolute Gasteiger partial charge is 0.256 e. The number of hydrogen-bond acceptors (Lipinski definition) is 6. The van der Waals surface area contributed by atoms with Gasteiger partial charge in [-0.3, -0.25) is 4.98 Å². The standard InChI is InChI=1S/C47H29N5S/c1-4-13-30(14-5-1)44-50-45(31-15-6-2-7-16-31)52-46(51-44)37-26-35(33-22-23-41-42(29-33)53-47(49-41)32-17-8-3-9-18-32)25-36(27-37)40-28-34-19-10-11-20-38(34)43-39(40)21-12-24-48-43/h1-29H. The molecule has 0 unspecified atom stereocenters. The molecule has 0 aliphatic heterocycles. The zero-order valence-electron chi connectivity index (χ0n) is 28.4. The Morgan fingerprint density at radius 1 is 0.377 bits per heavy atom. The van der Waals surface area contributed by atoms with Crippen LogP contribution in [0.25, 0.3) is 98.9 Å². The van der Waals surface area contributed by atoms with Crippen LogP contribution in [0.2, 0.25) is 0 Å². The maximum Gasteiger partial charge on any atom is 0.164 e. The molecule has 3 aromatic heterocycles. The first-order valence-corrected chi connectivity index (χ1v) is 18.3. The topological polar surface area (TPSA) is 64.5 Å². The molecule has 5 nitrogen and oxygen atoms in total. The number of benzene rings is 7. The molecular weight excluding hydrogens is 667 g/mol. The van der Waals surface area contributed by atoms with Crippen LogP contribution >= 0.6 is 11.3 Å². The molecule has 0 saturated heterocycles. The SMILES string of the molecule is c1ccc(-c2nc(-c3ccccc3)nc(-c3cc(-c4ccc5nc(-c6ccccc6)sc5c4)cc(-c4cc5ccccc5c5ncccc45)c3)n2)cc1. The van der Waals surface area contributed by atoms with Crippen molar-refractivity contribution < 1.29 is 0 Å². The molecule has 0 saturated carbocycles. The molecule has 0 N–H and O–H groups in total. The highest BCUT2D eigenvalue weighted by Gasteiger charge is 2.17. The summed E-state index contributed by atoms with van der Waals surface area (Å²) in [5, 5.41) is 4.36. The lowest BCUT2D eigenvalue weighted by atomic mass is 9.92. The van der Waals surface area contributed by atoms with Gasteiger partial charge in [0.05, 0.1) is 15.7 Å². The first-order valence-electron chi connectivity index (χ1n) is 17.5. The van der Waals surface area contributed by atoms with Gasteiger partial charge < -0.3 is 0 Å². The number of nitrogens with zero attached hydrogens (tertiary/aromatic N) is 5. The second-order valence-electron chi connectivity index (χ2n) is 12.9. The highest BCUT2D eigenvalue weighted by molar-refractivity contribution is 7.21. The lowest BCUT2D eigenvalue weighted by Gasteiger charge is -2.15. The van der Waals surface area contributed by atoms with Gasteiger partial charge in [-0.15, -0.1) is 11.3 Å². The van der Waals surface area contributed by atoms with Crippen LogP contribution in [0.15, 0.2) is 176 Å². The molecule has 0 fully saturated rings. The third kappa shape index (κ3) is 5.81. The van der Waals surface area contributed by atoms with E-state index in [4.69, 9.17) is 24.9 Å². The molecule has 0 spiro atoms. The predicted molar refractivity (Wildman–Crippen MR) is 218 cm³/mol. The number of thiazole rings is 1. The molecule has 0 atom stereocenters. The normalized spacial score (nSPS) is 11.4. The first kappa shape index (κ1) is 30.9. The van der Waals surface area contributed by atoms with E-state index in [1.165, 1.54) is 0 Å². The van der Waals surface area contributed by atoms with E-state index < -0.39 is 0 Å². The van der Waals surface area contributed by atoms with Crippen molar-refractivity contribution >= 4 is 43.2 Å². The Labute approximate surface area is 310 Å². The van der Waals surface area contributed by atoms with Crippen LogP contribution in [0.1, 0.15) is 0 Å². The molecule has 248 valence electrons. The van der Waals surface area contributed by atoms with E-state index in [1.54, 1.807) is 11.3 Å². The monoisotopic (exact) mass is 695 g/mol. The quantitative estimate of drug-likeness (QED) is 0.162. The third-order valence-corrected chi connectivity index (χ3v) is 10.6. The number of rotatable bonds is 6. The molecule has 10 aromatic rings. The summed E-state index contributed by atoms with van der Waals surface area (Å²) < 4.78 is 1.13. The summed E-state index contributed by atoms with van der Waals surface area (Å²) in [4.78, 5) is 25.1. The summed E-state index contributed by atoms with van der Waals surface area (Å²) in [6.45, 7) is 0. The van der Waals surface area contributed by atoms with Crippen molar-refractivity contribution in [3.63, 3.8) is 0 Å². The molecule has 0 bridgehead atoms. The number of pyridine rings is 1. The number of fused-ring (bicyclic) bond motifs is 4. The molecule has 3 heterocycles. The minimum atomic E-state index is 0.606. The second-order valence-corrected chi connectivity index (χ2v) is 14.0. The van der Waals surface area contributed by atoms with Crippen molar-refractivity contribution in [3.05, 3.63) is 176 Å². The zero-order chi connectivity index (χ0) is 35.1. The Morgan fingerprint density at radius 2 is 0.962 bits per heavy atom. The fraction of sp³-hybridized carbons (Fsp3) is 0. The van der Waals surface area contributed by atoms with Crippen LogP contribution in [0, 0.1) is 0 Å². The summed E-state index contributed by atoms with van der Waals surface area (Å²) >= 11 is 1.71. The summed E-state index contributed by atoms with van der Waals surface area (Å²) in [5.41, 5.74) is 10.1. The lowest BCUT2D eigenvalue weighted by molar-refractivity contribution is 1.07. The highest BCUT2D eigenvalue weighted by Crippen LogP contribution is 2.40. The van der Waals surface area contributed by atoms with E-state index in [0.717, 1.165) is 81.4 Å². The summed E-state index contributed by atoms with van der Waals surface area (Å²) in [7, 11) is 0. The van der Waals surface area contributed by atoms with E-state index >= 15 is 0 Å². The van der Waals surface area contributed by atoms with Crippen LogP contribution < -0.4 is 0 Å². The zero-order valence-corrected chi connectivity index (χ0v) is 29.2. The van der Waals surface area contributed by atoms with Gasteiger partial charge in [0.1, 0.15) is 5.01 Å². The maximum atomic E-state index is 5.13. The molecule has 10 rings (SSSR count). The third-order valence-electron chi connectivity index (χ3n) is 9.56. The van der Waals surface area contributed by atoms with Gasteiger partial charge in [0.25, 0.3) is 0 Å². The minimum absolute atomic E-state index is 0.606. The molecule has 53 heavy (non-hydrogen) atoms. The van der Waals surface area contributed by atoms with Crippen molar-refractivity contribution in [2.24, 2.45) is 0 Å². The van der Waals surface area contributed by atoms with Gasteiger partial charge in [-0.1, -0.05) is 127 Å². The van der Waals surface area contributed by atoms with E-state index in [1.807, 2.05) is 79.0 Å². The number of hydrogen-bond donors (Lipinski definition) is 0. The van der Waals surface area contributed by atoms with Crippen LogP contribution in [-0.4, -0.2) is 24.9 Å². The first-order chi connectivity index (χ1) is 26.2. The lowest BCUT2D eigenvalue weighted by Crippen LogP contribution is -2.00. The van der Waals surface area contributed by atoms with Crippen molar-refractivity contribution in [3.8, 4) is 67.0 Å². The second kappa shape index (κ2) is 13.0. The highest BCUT2D eigenvalue weighted by atomic mass is 32.1. The average Bonchev–Trinajstić information content (AvgIpc) is 3.68. The fourth-order valence-corrected chi connectivity index (χ4v) is 7.98. The Bertz CT molecular complexity index is 2880. The van der Waals surface area contributed by atoms with E-state index in [2.05, 4.69) is 97.1 Å². The molecule has 6 heteroatoms. The Morgan fingerprint density at radius 3 is 1.68 bits per heavy atom. The Balaban J connectivity index is 1.22. The van der Waals surface area contributed by atoms with Gasteiger partial charge in [-0.2, -0.15) is 0 Å². The van der Waals surface area contributed by atoms with Gasteiger partial charge in [0.2, 0.25) is 0 Å². The van der Waals surface area contributed by atoms with Gasteiger partial charge >= 0.3 is 0 Å². The average molecular weight is 696 g/mol. The molecule has 0 amide bonds.